The van der Waals surface area contributed by atoms with Crippen LogP contribution in [0, 0.1) is 12.7 Å². The summed E-state index contributed by atoms with van der Waals surface area (Å²) in [6, 6.07) is 15.4. The maximum Gasteiger partial charge on any atom is 0.272 e. The van der Waals surface area contributed by atoms with E-state index in [9.17, 15) is 9.18 Å². The highest BCUT2D eigenvalue weighted by atomic mass is 19.1. The molecule has 0 bridgehead atoms. The molecular formula is C19H19FN2O. The number of aromatic amines is 1. The summed E-state index contributed by atoms with van der Waals surface area (Å²) < 4.78 is 13.0. The van der Waals surface area contributed by atoms with E-state index in [0.29, 0.717) is 16.8 Å². The number of rotatable bonds is 2. The van der Waals surface area contributed by atoms with Gasteiger partial charge >= 0.3 is 0 Å². The first-order valence-electron chi connectivity index (χ1n) is 7.56. The van der Waals surface area contributed by atoms with Crippen LogP contribution in [0.1, 0.15) is 19.4 Å². The summed E-state index contributed by atoms with van der Waals surface area (Å²) in [5.41, 5.74) is 3.59. The highest BCUT2D eigenvalue weighted by molar-refractivity contribution is 5.69. The maximum atomic E-state index is 13.0. The first-order valence-corrected chi connectivity index (χ1v) is 7.56. The van der Waals surface area contributed by atoms with Crippen LogP contribution >= 0.6 is 0 Å². The number of H-pyrrole nitrogens is 1. The Morgan fingerprint density at radius 1 is 0.913 bits per heavy atom. The predicted molar refractivity (Wildman–Crippen MR) is 91.8 cm³/mol. The third-order valence-electron chi connectivity index (χ3n) is 3.31. The van der Waals surface area contributed by atoms with E-state index in [-0.39, 0.29) is 11.4 Å². The largest absolute Gasteiger partial charge is 0.272 e. The molecule has 0 saturated heterocycles. The van der Waals surface area contributed by atoms with Crippen LogP contribution in [-0.2, 0) is 0 Å². The summed E-state index contributed by atoms with van der Waals surface area (Å²) in [6.07, 6.45) is 0. The van der Waals surface area contributed by atoms with Gasteiger partial charge in [0.25, 0.3) is 5.56 Å². The van der Waals surface area contributed by atoms with Gasteiger partial charge in [-0.05, 0) is 30.7 Å². The van der Waals surface area contributed by atoms with Gasteiger partial charge in [-0.25, -0.2) is 9.49 Å². The molecule has 0 aliphatic heterocycles. The monoisotopic (exact) mass is 310 g/mol. The van der Waals surface area contributed by atoms with Gasteiger partial charge in [0.15, 0.2) is 0 Å². The Balaban J connectivity index is 0.000000924. The summed E-state index contributed by atoms with van der Waals surface area (Å²) in [7, 11) is 0. The van der Waals surface area contributed by atoms with Gasteiger partial charge in [-0.1, -0.05) is 55.8 Å². The molecule has 0 atom stereocenters. The lowest BCUT2D eigenvalue weighted by atomic mass is 10.0. The van der Waals surface area contributed by atoms with Crippen LogP contribution in [0.5, 0.6) is 0 Å². The zero-order chi connectivity index (χ0) is 16.8. The molecule has 3 aromatic rings. The fourth-order valence-corrected chi connectivity index (χ4v) is 2.12. The van der Waals surface area contributed by atoms with Crippen LogP contribution in [0.3, 0.4) is 0 Å². The molecule has 0 radical (unpaired) electrons. The van der Waals surface area contributed by atoms with Gasteiger partial charge in [-0.2, -0.15) is 5.10 Å². The molecular weight excluding hydrogens is 291 g/mol. The first kappa shape index (κ1) is 16.6. The molecule has 23 heavy (non-hydrogen) atoms. The molecule has 3 nitrogen and oxygen atoms in total. The van der Waals surface area contributed by atoms with Gasteiger partial charge < -0.3 is 0 Å². The third kappa shape index (κ3) is 3.92. The van der Waals surface area contributed by atoms with Gasteiger partial charge in [-0.15, -0.1) is 0 Å². The number of nitrogens with zero attached hydrogens (tertiary/aromatic N) is 1. The molecule has 1 heterocycles. The molecule has 2 aromatic carbocycles. The number of halogens is 1. The van der Waals surface area contributed by atoms with Crippen molar-refractivity contribution in [3.63, 3.8) is 0 Å². The molecule has 1 N–H and O–H groups in total. The average Bonchev–Trinajstić information content (AvgIpc) is 2.59. The summed E-state index contributed by atoms with van der Waals surface area (Å²) in [4.78, 5) is 11.9. The van der Waals surface area contributed by atoms with Gasteiger partial charge in [0, 0.05) is 5.56 Å². The average molecular weight is 310 g/mol. The van der Waals surface area contributed by atoms with Crippen molar-refractivity contribution in [2.75, 3.05) is 0 Å². The van der Waals surface area contributed by atoms with Crippen molar-refractivity contribution in [3.05, 3.63) is 76.3 Å². The normalized spacial score (nSPS) is 9.91. The Morgan fingerprint density at radius 2 is 1.48 bits per heavy atom. The Labute approximate surface area is 134 Å². The van der Waals surface area contributed by atoms with E-state index in [1.165, 1.54) is 12.1 Å². The second kappa shape index (κ2) is 7.49. The van der Waals surface area contributed by atoms with Crippen molar-refractivity contribution < 1.29 is 4.39 Å². The Morgan fingerprint density at radius 3 is 2.09 bits per heavy atom. The van der Waals surface area contributed by atoms with Gasteiger partial charge in [-0.3, -0.25) is 4.79 Å². The zero-order valence-electron chi connectivity index (χ0n) is 13.4. The van der Waals surface area contributed by atoms with Crippen LogP contribution in [0.25, 0.3) is 22.4 Å². The van der Waals surface area contributed by atoms with Gasteiger partial charge in [0.1, 0.15) is 5.82 Å². The van der Waals surface area contributed by atoms with Crippen molar-refractivity contribution in [2.45, 2.75) is 20.8 Å². The van der Waals surface area contributed by atoms with E-state index >= 15 is 0 Å². The second-order valence-corrected chi connectivity index (χ2v) is 4.87. The third-order valence-corrected chi connectivity index (χ3v) is 3.31. The number of aromatic nitrogens is 2. The molecule has 3 rings (SSSR count). The van der Waals surface area contributed by atoms with E-state index in [4.69, 9.17) is 0 Å². The second-order valence-electron chi connectivity index (χ2n) is 4.87. The molecule has 4 heteroatoms. The quantitative estimate of drug-likeness (QED) is 0.753. The standard InChI is InChI=1S/C17H13FN2O.C2H6/c1-11-2-4-13(5-3-11)16-10-15(17(21)20-19-16)12-6-8-14(18)9-7-12;1-2/h2-10H,1H3,(H,20,21);1-2H3. The topological polar surface area (TPSA) is 45.8 Å². The molecule has 0 spiro atoms. The minimum Gasteiger partial charge on any atom is -0.267 e. The van der Waals surface area contributed by atoms with Crippen molar-refractivity contribution in [3.8, 4) is 22.4 Å². The lowest BCUT2D eigenvalue weighted by Gasteiger charge is -2.05. The summed E-state index contributed by atoms with van der Waals surface area (Å²) >= 11 is 0. The first-order chi connectivity index (χ1) is 11.1. The molecule has 0 saturated carbocycles. The minimum atomic E-state index is -0.331. The van der Waals surface area contributed by atoms with E-state index in [2.05, 4.69) is 10.2 Å². The van der Waals surface area contributed by atoms with Gasteiger partial charge in [0.2, 0.25) is 0 Å². The molecule has 0 unspecified atom stereocenters. The van der Waals surface area contributed by atoms with E-state index < -0.39 is 0 Å². The number of hydrogen-bond donors (Lipinski definition) is 1. The molecule has 0 fully saturated rings. The lowest BCUT2D eigenvalue weighted by molar-refractivity contribution is 0.628. The van der Waals surface area contributed by atoms with E-state index in [0.717, 1.165) is 11.1 Å². The van der Waals surface area contributed by atoms with E-state index in [1.54, 1.807) is 18.2 Å². The van der Waals surface area contributed by atoms with Crippen molar-refractivity contribution >= 4 is 0 Å². The molecule has 0 amide bonds. The molecule has 118 valence electrons. The van der Waals surface area contributed by atoms with Crippen LogP contribution in [0.15, 0.2) is 59.4 Å². The fourth-order valence-electron chi connectivity index (χ4n) is 2.12. The number of aryl methyl sites for hydroxylation is 1. The zero-order valence-corrected chi connectivity index (χ0v) is 13.4. The number of benzene rings is 2. The number of nitrogens with one attached hydrogen (secondary N) is 1. The lowest BCUT2D eigenvalue weighted by Crippen LogP contribution is -2.11. The van der Waals surface area contributed by atoms with E-state index in [1.807, 2.05) is 45.0 Å². The minimum absolute atomic E-state index is 0.294. The SMILES string of the molecule is CC.Cc1ccc(-c2cc(-c3ccc(F)cc3)c(=O)[nH]n2)cc1. The fraction of sp³-hybridized carbons (Fsp3) is 0.158. The van der Waals surface area contributed by atoms with Crippen LogP contribution in [0.4, 0.5) is 4.39 Å². The van der Waals surface area contributed by atoms with Crippen LogP contribution in [0.2, 0.25) is 0 Å². The summed E-state index contributed by atoms with van der Waals surface area (Å²) in [5.74, 6) is -0.331. The van der Waals surface area contributed by atoms with Crippen LogP contribution < -0.4 is 5.56 Å². The Hall–Kier alpha value is -2.75. The van der Waals surface area contributed by atoms with Gasteiger partial charge in [0.05, 0.1) is 11.3 Å². The smallest absolute Gasteiger partial charge is 0.267 e. The number of hydrogen-bond acceptors (Lipinski definition) is 2. The van der Waals surface area contributed by atoms with Crippen molar-refractivity contribution in [1.82, 2.24) is 10.2 Å². The van der Waals surface area contributed by atoms with Crippen molar-refractivity contribution in [1.29, 1.82) is 0 Å². The van der Waals surface area contributed by atoms with Crippen molar-refractivity contribution in [2.24, 2.45) is 0 Å². The highest BCUT2D eigenvalue weighted by Crippen LogP contribution is 2.21. The highest BCUT2D eigenvalue weighted by Gasteiger charge is 2.07. The van der Waals surface area contributed by atoms with Crippen LogP contribution in [-0.4, -0.2) is 10.2 Å². The summed E-state index contributed by atoms with van der Waals surface area (Å²) in [5, 5.41) is 6.57. The molecule has 0 aliphatic carbocycles. The molecule has 0 aliphatic rings. The Bertz CT molecular complexity index is 821. The maximum absolute atomic E-state index is 13.0. The Kier molecular flexibility index (Phi) is 5.41. The molecule has 1 aromatic heterocycles. The summed E-state index contributed by atoms with van der Waals surface area (Å²) in [6.45, 7) is 6.01. The predicted octanol–water partition coefficient (Wildman–Crippen LogP) is 4.58.